The van der Waals surface area contributed by atoms with E-state index in [-0.39, 0.29) is 5.41 Å². The Labute approximate surface area is 127 Å². The Balaban J connectivity index is 1.77. The van der Waals surface area contributed by atoms with Gasteiger partial charge in [-0.05, 0) is 44.9 Å². The summed E-state index contributed by atoms with van der Waals surface area (Å²) in [5.41, 5.74) is 2.13. The molecular formula is C18H23N3. The molecule has 0 amide bonds. The molecule has 0 bridgehead atoms. The van der Waals surface area contributed by atoms with Crippen LogP contribution >= 0.6 is 0 Å². The molecule has 3 heteroatoms. The number of rotatable bonds is 7. The number of benzene rings is 1. The van der Waals surface area contributed by atoms with E-state index in [0.717, 1.165) is 37.9 Å². The molecule has 1 heterocycles. The van der Waals surface area contributed by atoms with E-state index < -0.39 is 0 Å². The first-order chi connectivity index (χ1) is 10.1. The molecular weight excluding hydrogens is 258 g/mol. The predicted molar refractivity (Wildman–Crippen MR) is 86.7 cm³/mol. The first-order valence-corrected chi connectivity index (χ1v) is 7.57. The van der Waals surface area contributed by atoms with Crippen molar-refractivity contribution < 1.29 is 0 Å². The highest BCUT2D eigenvalue weighted by Gasteiger charge is 2.15. The summed E-state index contributed by atoms with van der Waals surface area (Å²) in [5, 5.41) is 13.6. The molecule has 0 aliphatic carbocycles. The average molecular weight is 281 g/mol. The standard InChI is InChI=1S/C18H23N3/c1-18(2,14-19)10-3-4-11-20-13-16-8-5-7-15-9-6-12-21-17(15)16/h5-9,12,20H,3-4,10-11,13H2,1-2H3. The molecule has 3 nitrogen and oxygen atoms in total. The van der Waals surface area contributed by atoms with E-state index in [4.69, 9.17) is 5.26 Å². The van der Waals surface area contributed by atoms with Gasteiger partial charge in [0.05, 0.1) is 17.0 Å². The Bertz CT molecular complexity index is 620. The number of hydrogen-bond donors (Lipinski definition) is 1. The predicted octanol–water partition coefficient (Wildman–Crippen LogP) is 4.04. The van der Waals surface area contributed by atoms with Gasteiger partial charge in [0.15, 0.2) is 0 Å². The van der Waals surface area contributed by atoms with E-state index in [2.05, 4.69) is 40.6 Å². The zero-order valence-electron chi connectivity index (χ0n) is 12.9. The molecule has 0 saturated heterocycles. The van der Waals surface area contributed by atoms with Crippen LogP contribution < -0.4 is 5.32 Å². The van der Waals surface area contributed by atoms with Crippen molar-refractivity contribution in [3.05, 3.63) is 42.1 Å². The lowest BCUT2D eigenvalue weighted by molar-refractivity contribution is 0.422. The number of para-hydroxylation sites is 1. The summed E-state index contributed by atoms with van der Waals surface area (Å²) in [7, 11) is 0. The van der Waals surface area contributed by atoms with Crippen LogP contribution in [-0.4, -0.2) is 11.5 Å². The zero-order chi connectivity index (χ0) is 15.1. The van der Waals surface area contributed by atoms with Crippen LogP contribution in [0.15, 0.2) is 36.5 Å². The minimum atomic E-state index is -0.195. The van der Waals surface area contributed by atoms with Crippen molar-refractivity contribution in [3.63, 3.8) is 0 Å². The summed E-state index contributed by atoms with van der Waals surface area (Å²) in [6.07, 6.45) is 4.99. The minimum Gasteiger partial charge on any atom is -0.313 e. The van der Waals surface area contributed by atoms with Crippen molar-refractivity contribution in [2.24, 2.45) is 5.41 Å². The molecule has 0 spiro atoms. The summed E-state index contributed by atoms with van der Waals surface area (Å²) in [6, 6.07) is 12.7. The number of unbranched alkanes of at least 4 members (excludes halogenated alkanes) is 1. The molecule has 0 fully saturated rings. The molecule has 0 aliphatic rings. The van der Waals surface area contributed by atoms with Gasteiger partial charge in [-0.2, -0.15) is 5.26 Å². The maximum absolute atomic E-state index is 8.97. The van der Waals surface area contributed by atoms with Gasteiger partial charge in [0.1, 0.15) is 0 Å². The van der Waals surface area contributed by atoms with Crippen LogP contribution in [0.2, 0.25) is 0 Å². The maximum atomic E-state index is 8.97. The van der Waals surface area contributed by atoms with E-state index in [9.17, 15) is 0 Å². The lowest BCUT2D eigenvalue weighted by Crippen LogP contribution is -2.16. The van der Waals surface area contributed by atoms with Crippen LogP contribution in [0.5, 0.6) is 0 Å². The summed E-state index contributed by atoms with van der Waals surface area (Å²) in [5.74, 6) is 0. The van der Waals surface area contributed by atoms with Gasteiger partial charge < -0.3 is 5.32 Å². The smallest absolute Gasteiger partial charge is 0.0746 e. The van der Waals surface area contributed by atoms with Crippen molar-refractivity contribution in [1.82, 2.24) is 10.3 Å². The largest absolute Gasteiger partial charge is 0.313 e. The van der Waals surface area contributed by atoms with Gasteiger partial charge in [-0.15, -0.1) is 0 Å². The van der Waals surface area contributed by atoms with E-state index in [1.165, 1.54) is 10.9 Å². The fourth-order valence-corrected chi connectivity index (χ4v) is 2.41. The third kappa shape index (κ3) is 4.54. The third-order valence-corrected chi connectivity index (χ3v) is 3.74. The molecule has 21 heavy (non-hydrogen) atoms. The normalized spacial score (nSPS) is 11.5. The van der Waals surface area contributed by atoms with E-state index in [1.807, 2.05) is 26.1 Å². The number of nitrogens with one attached hydrogen (secondary N) is 1. The molecule has 1 N–H and O–H groups in total. The summed E-state index contributed by atoms with van der Waals surface area (Å²) < 4.78 is 0. The fourth-order valence-electron chi connectivity index (χ4n) is 2.41. The molecule has 0 atom stereocenters. The topological polar surface area (TPSA) is 48.7 Å². The van der Waals surface area contributed by atoms with Gasteiger partial charge in [0.2, 0.25) is 0 Å². The van der Waals surface area contributed by atoms with Crippen molar-refractivity contribution in [1.29, 1.82) is 5.26 Å². The molecule has 2 rings (SSSR count). The molecule has 0 aliphatic heterocycles. The Kier molecular flexibility index (Phi) is 5.30. The summed E-state index contributed by atoms with van der Waals surface area (Å²) in [4.78, 5) is 4.46. The molecule has 2 aromatic rings. The third-order valence-electron chi connectivity index (χ3n) is 3.74. The molecule has 0 radical (unpaired) electrons. The fraction of sp³-hybridized carbons (Fsp3) is 0.444. The van der Waals surface area contributed by atoms with Crippen LogP contribution in [0.25, 0.3) is 10.9 Å². The maximum Gasteiger partial charge on any atom is 0.0746 e. The van der Waals surface area contributed by atoms with Crippen molar-refractivity contribution >= 4 is 10.9 Å². The molecule has 1 aromatic heterocycles. The second-order valence-electron chi connectivity index (χ2n) is 6.12. The molecule has 1 aromatic carbocycles. The van der Waals surface area contributed by atoms with E-state index >= 15 is 0 Å². The number of fused-ring (bicyclic) bond motifs is 1. The Morgan fingerprint density at radius 1 is 1.19 bits per heavy atom. The first-order valence-electron chi connectivity index (χ1n) is 7.57. The number of hydrogen-bond acceptors (Lipinski definition) is 3. The van der Waals surface area contributed by atoms with Gasteiger partial charge in [-0.1, -0.05) is 30.7 Å². The van der Waals surface area contributed by atoms with E-state index in [0.29, 0.717) is 0 Å². The van der Waals surface area contributed by atoms with Gasteiger partial charge in [-0.3, -0.25) is 4.98 Å². The zero-order valence-corrected chi connectivity index (χ0v) is 12.9. The highest BCUT2D eigenvalue weighted by atomic mass is 14.8. The number of nitrogens with zero attached hydrogens (tertiary/aromatic N) is 2. The lowest BCUT2D eigenvalue weighted by atomic mass is 9.89. The highest BCUT2D eigenvalue weighted by Crippen LogP contribution is 2.21. The van der Waals surface area contributed by atoms with Crippen molar-refractivity contribution in [3.8, 4) is 6.07 Å². The van der Waals surface area contributed by atoms with Crippen LogP contribution in [0.3, 0.4) is 0 Å². The highest BCUT2D eigenvalue weighted by molar-refractivity contribution is 5.81. The Hall–Kier alpha value is -1.92. The molecule has 0 unspecified atom stereocenters. The molecule has 0 saturated carbocycles. The monoisotopic (exact) mass is 281 g/mol. The van der Waals surface area contributed by atoms with Crippen LogP contribution in [-0.2, 0) is 6.54 Å². The second kappa shape index (κ2) is 7.19. The Morgan fingerprint density at radius 3 is 2.81 bits per heavy atom. The van der Waals surface area contributed by atoms with Gasteiger partial charge in [-0.25, -0.2) is 0 Å². The van der Waals surface area contributed by atoms with Gasteiger partial charge in [0.25, 0.3) is 0 Å². The van der Waals surface area contributed by atoms with Crippen molar-refractivity contribution in [2.45, 2.75) is 39.7 Å². The van der Waals surface area contributed by atoms with Gasteiger partial charge in [0, 0.05) is 18.1 Å². The van der Waals surface area contributed by atoms with E-state index in [1.54, 1.807) is 0 Å². The summed E-state index contributed by atoms with van der Waals surface area (Å²) in [6.45, 7) is 5.82. The lowest BCUT2D eigenvalue weighted by Gasteiger charge is -2.14. The first kappa shape index (κ1) is 15.5. The summed E-state index contributed by atoms with van der Waals surface area (Å²) >= 11 is 0. The van der Waals surface area contributed by atoms with Crippen molar-refractivity contribution in [2.75, 3.05) is 6.54 Å². The molecule has 110 valence electrons. The Morgan fingerprint density at radius 2 is 2.00 bits per heavy atom. The number of nitriles is 1. The SMILES string of the molecule is CC(C)(C#N)CCCCNCc1cccc2cccnc12. The number of aromatic nitrogens is 1. The average Bonchev–Trinajstić information content (AvgIpc) is 2.51. The number of pyridine rings is 1. The quantitative estimate of drug-likeness (QED) is 0.779. The minimum absolute atomic E-state index is 0.195. The van der Waals surface area contributed by atoms with Gasteiger partial charge >= 0.3 is 0 Å². The van der Waals surface area contributed by atoms with Crippen LogP contribution in [0.1, 0.15) is 38.7 Å². The second-order valence-corrected chi connectivity index (χ2v) is 6.12. The van der Waals surface area contributed by atoms with Crippen LogP contribution in [0.4, 0.5) is 0 Å². The van der Waals surface area contributed by atoms with Crippen LogP contribution in [0, 0.1) is 16.7 Å².